The van der Waals surface area contributed by atoms with Crippen molar-refractivity contribution < 1.29 is 22.3 Å². The predicted octanol–water partition coefficient (Wildman–Crippen LogP) is 2.03. The Morgan fingerprint density at radius 3 is 2.46 bits per heavy atom. The number of halogens is 1. The van der Waals surface area contributed by atoms with E-state index < -0.39 is 15.8 Å². The van der Waals surface area contributed by atoms with Gasteiger partial charge in [0.15, 0.2) is 0 Å². The molecule has 1 fully saturated rings. The van der Waals surface area contributed by atoms with Gasteiger partial charge in [0.2, 0.25) is 15.9 Å². The molecule has 0 atom stereocenters. The molecule has 0 spiro atoms. The molecule has 0 aromatic heterocycles. The van der Waals surface area contributed by atoms with Gasteiger partial charge in [0, 0.05) is 18.8 Å². The van der Waals surface area contributed by atoms with E-state index >= 15 is 0 Å². The fourth-order valence-corrected chi connectivity index (χ4v) is 4.09. The molecule has 1 aliphatic rings. The number of nitrogens with zero attached hydrogens (tertiary/aromatic N) is 1. The summed E-state index contributed by atoms with van der Waals surface area (Å²) in [6, 6.07) is 11.8. The summed E-state index contributed by atoms with van der Waals surface area (Å²) in [5.74, 6) is -0.702. The second-order valence-electron chi connectivity index (χ2n) is 5.90. The van der Waals surface area contributed by atoms with Gasteiger partial charge in [0.25, 0.3) is 0 Å². The first-order chi connectivity index (χ1) is 12.4. The predicted molar refractivity (Wildman–Crippen MR) is 94.8 cm³/mol. The topological polar surface area (TPSA) is 75.7 Å². The third-order valence-corrected chi connectivity index (χ3v) is 5.91. The Labute approximate surface area is 151 Å². The van der Waals surface area contributed by atoms with Gasteiger partial charge in [-0.25, -0.2) is 12.8 Å². The molecule has 26 heavy (non-hydrogen) atoms. The van der Waals surface area contributed by atoms with Crippen LogP contribution in [0.3, 0.4) is 0 Å². The molecule has 0 saturated carbocycles. The number of morpholine rings is 1. The molecule has 1 heterocycles. The Bertz CT molecular complexity index is 878. The fraction of sp³-hybridized carbons (Fsp3) is 0.278. The number of amides is 1. The molecule has 6 nitrogen and oxygen atoms in total. The minimum atomic E-state index is -3.56. The van der Waals surface area contributed by atoms with E-state index in [1.165, 1.54) is 40.7 Å². The molecule has 0 bridgehead atoms. The molecule has 1 amide bonds. The zero-order chi connectivity index (χ0) is 18.6. The van der Waals surface area contributed by atoms with E-state index in [4.69, 9.17) is 4.74 Å². The first kappa shape index (κ1) is 18.5. The highest BCUT2D eigenvalue weighted by molar-refractivity contribution is 7.89. The van der Waals surface area contributed by atoms with E-state index in [2.05, 4.69) is 5.32 Å². The molecule has 1 aliphatic heterocycles. The lowest BCUT2D eigenvalue weighted by atomic mass is 10.1. The van der Waals surface area contributed by atoms with Crippen LogP contribution in [0.4, 0.5) is 10.1 Å². The number of carbonyl (C=O) groups is 1. The van der Waals surface area contributed by atoms with E-state index in [1.54, 1.807) is 12.1 Å². The van der Waals surface area contributed by atoms with Gasteiger partial charge in [-0.05, 0) is 42.0 Å². The van der Waals surface area contributed by atoms with Crippen LogP contribution in [0.5, 0.6) is 0 Å². The molecule has 3 rings (SSSR count). The Kier molecular flexibility index (Phi) is 5.65. The van der Waals surface area contributed by atoms with Crippen molar-refractivity contribution in [3.05, 3.63) is 59.9 Å². The lowest BCUT2D eigenvalue weighted by Gasteiger charge is -2.26. The Balaban J connectivity index is 1.64. The monoisotopic (exact) mass is 378 g/mol. The third kappa shape index (κ3) is 4.46. The largest absolute Gasteiger partial charge is 0.379 e. The number of nitrogens with one attached hydrogen (secondary N) is 1. The summed E-state index contributed by atoms with van der Waals surface area (Å²) in [5, 5.41) is 2.68. The summed E-state index contributed by atoms with van der Waals surface area (Å²) in [7, 11) is -3.56. The number of benzene rings is 2. The van der Waals surface area contributed by atoms with E-state index in [0.29, 0.717) is 37.6 Å². The number of anilines is 1. The number of hydrogen-bond acceptors (Lipinski definition) is 4. The summed E-state index contributed by atoms with van der Waals surface area (Å²) >= 11 is 0. The van der Waals surface area contributed by atoms with Crippen molar-refractivity contribution in [1.29, 1.82) is 0 Å². The lowest BCUT2D eigenvalue weighted by molar-refractivity contribution is -0.115. The summed E-state index contributed by atoms with van der Waals surface area (Å²) in [5.41, 5.74) is 1.04. The van der Waals surface area contributed by atoms with Crippen LogP contribution in [0, 0.1) is 5.82 Å². The molecule has 1 N–H and O–H groups in total. The number of hydrogen-bond donors (Lipinski definition) is 1. The molecule has 8 heteroatoms. The van der Waals surface area contributed by atoms with Crippen LogP contribution >= 0.6 is 0 Å². The molecule has 0 radical (unpaired) electrons. The highest BCUT2D eigenvalue weighted by Crippen LogP contribution is 2.19. The van der Waals surface area contributed by atoms with E-state index in [-0.39, 0.29) is 17.2 Å². The summed E-state index contributed by atoms with van der Waals surface area (Å²) < 4.78 is 44.8. The fourth-order valence-electron chi connectivity index (χ4n) is 2.68. The van der Waals surface area contributed by atoms with E-state index in [0.717, 1.165) is 0 Å². The van der Waals surface area contributed by atoms with Crippen molar-refractivity contribution >= 4 is 21.6 Å². The molecular weight excluding hydrogens is 359 g/mol. The molecule has 2 aromatic rings. The van der Waals surface area contributed by atoms with Crippen molar-refractivity contribution in [3.8, 4) is 0 Å². The highest BCUT2D eigenvalue weighted by Gasteiger charge is 2.26. The van der Waals surface area contributed by atoms with Gasteiger partial charge in [0.1, 0.15) is 5.82 Å². The number of sulfonamides is 1. The highest BCUT2D eigenvalue weighted by atomic mass is 32.2. The maximum absolute atomic E-state index is 13.2. The van der Waals surface area contributed by atoms with Crippen LogP contribution in [-0.4, -0.2) is 44.9 Å². The van der Waals surface area contributed by atoms with Crippen LogP contribution in [0.1, 0.15) is 5.56 Å². The normalized spacial score (nSPS) is 15.6. The molecular formula is C18H19FN2O4S. The van der Waals surface area contributed by atoms with Gasteiger partial charge < -0.3 is 10.1 Å². The van der Waals surface area contributed by atoms with Crippen molar-refractivity contribution in [3.63, 3.8) is 0 Å². The Hall–Kier alpha value is -2.29. The lowest BCUT2D eigenvalue weighted by Crippen LogP contribution is -2.40. The average molecular weight is 378 g/mol. The van der Waals surface area contributed by atoms with Gasteiger partial charge in [-0.3, -0.25) is 4.79 Å². The van der Waals surface area contributed by atoms with Crippen molar-refractivity contribution in [1.82, 2.24) is 4.31 Å². The van der Waals surface area contributed by atoms with Gasteiger partial charge in [-0.2, -0.15) is 4.31 Å². The first-order valence-electron chi connectivity index (χ1n) is 8.17. The quantitative estimate of drug-likeness (QED) is 0.864. The maximum Gasteiger partial charge on any atom is 0.243 e. The van der Waals surface area contributed by atoms with Gasteiger partial charge in [-0.15, -0.1) is 0 Å². The Morgan fingerprint density at radius 2 is 1.81 bits per heavy atom. The number of rotatable bonds is 5. The van der Waals surface area contributed by atoms with Gasteiger partial charge in [-0.1, -0.05) is 12.1 Å². The third-order valence-electron chi connectivity index (χ3n) is 4.00. The first-order valence-corrected chi connectivity index (χ1v) is 9.61. The average Bonchev–Trinajstić information content (AvgIpc) is 2.63. The van der Waals surface area contributed by atoms with Crippen LogP contribution in [-0.2, 0) is 26.0 Å². The minimum absolute atomic E-state index is 0.0333. The molecule has 0 unspecified atom stereocenters. The number of carbonyl (C=O) groups excluding carboxylic acids is 1. The van der Waals surface area contributed by atoms with Crippen LogP contribution < -0.4 is 5.32 Å². The zero-order valence-corrected chi connectivity index (χ0v) is 14.8. The maximum atomic E-state index is 13.2. The second-order valence-corrected chi connectivity index (χ2v) is 7.83. The summed E-state index contributed by atoms with van der Waals surface area (Å²) in [6.07, 6.45) is 0.0333. The number of ether oxygens (including phenoxy) is 1. The smallest absolute Gasteiger partial charge is 0.243 e. The van der Waals surface area contributed by atoms with Crippen LogP contribution in [0.15, 0.2) is 53.4 Å². The standard InChI is InChI=1S/C18H19FN2O4S/c19-15-3-1-2-14(12-15)13-18(22)20-16-4-6-17(7-5-16)26(23,24)21-8-10-25-11-9-21/h1-7,12H,8-11,13H2,(H,20,22). The van der Waals surface area contributed by atoms with Gasteiger partial charge in [0.05, 0.1) is 24.5 Å². The minimum Gasteiger partial charge on any atom is -0.379 e. The van der Waals surface area contributed by atoms with E-state index in [1.807, 2.05) is 0 Å². The SMILES string of the molecule is O=C(Cc1cccc(F)c1)Nc1ccc(S(=O)(=O)N2CCOCC2)cc1. The molecule has 138 valence electrons. The van der Waals surface area contributed by atoms with Crippen molar-refractivity contribution in [2.45, 2.75) is 11.3 Å². The van der Waals surface area contributed by atoms with Crippen molar-refractivity contribution in [2.24, 2.45) is 0 Å². The van der Waals surface area contributed by atoms with Crippen LogP contribution in [0.25, 0.3) is 0 Å². The van der Waals surface area contributed by atoms with Crippen LogP contribution in [0.2, 0.25) is 0 Å². The second kappa shape index (κ2) is 7.94. The molecule has 0 aliphatic carbocycles. The van der Waals surface area contributed by atoms with Crippen molar-refractivity contribution in [2.75, 3.05) is 31.6 Å². The Morgan fingerprint density at radius 1 is 1.12 bits per heavy atom. The summed E-state index contributed by atoms with van der Waals surface area (Å²) in [6.45, 7) is 1.42. The van der Waals surface area contributed by atoms with Gasteiger partial charge >= 0.3 is 0 Å². The molecule has 1 saturated heterocycles. The zero-order valence-electron chi connectivity index (χ0n) is 14.0. The van der Waals surface area contributed by atoms with E-state index in [9.17, 15) is 17.6 Å². The molecule has 2 aromatic carbocycles. The summed E-state index contributed by atoms with van der Waals surface area (Å²) in [4.78, 5) is 12.2.